The van der Waals surface area contributed by atoms with Gasteiger partial charge in [-0.15, -0.1) is 11.3 Å². The molecule has 0 spiro atoms. The molecule has 32 heavy (non-hydrogen) atoms. The number of aryl methyl sites for hydroxylation is 1. The number of aromatic nitrogens is 1. The van der Waals surface area contributed by atoms with E-state index in [1.165, 1.54) is 10.3 Å². The number of hydrogen-bond donors (Lipinski definition) is 0. The maximum Gasteiger partial charge on any atom is 0.165 e. The van der Waals surface area contributed by atoms with E-state index in [-0.39, 0.29) is 0 Å². The Morgan fingerprint density at radius 3 is 2.66 bits per heavy atom. The molecule has 0 bridgehead atoms. The van der Waals surface area contributed by atoms with Crippen molar-refractivity contribution in [1.82, 2.24) is 9.88 Å². The molecule has 0 atom stereocenters. The molecule has 4 aromatic rings. The Balaban J connectivity index is 1.47. The van der Waals surface area contributed by atoms with Crippen LogP contribution in [0.4, 0.5) is 0 Å². The highest BCUT2D eigenvalue weighted by Gasteiger charge is 2.22. The molecule has 1 aromatic heterocycles. The summed E-state index contributed by atoms with van der Waals surface area (Å²) in [5, 5.41) is 0.994. The quantitative estimate of drug-likeness (QED) is 0.394. The van der Waals surface area contributed by atoms with Gasteiger partial charge in [0.15, 0.2) is 11.5 Å². The van der Waals surface area contributed by atoms with Crippen molar-refractivity contribution >= 4 is 21.6 Å². The Morgan fingerprint density at radius 2 is 1.88 bits per heavy atom. The van der Waals surface area contributed by atoms with Crippen LogP contribution >= 0.6 is 11.3 Å². The van der Waals surface area contributed by atoms with Gasteiger partial charge in [0.2, 0.25) is 0 Å². The monoisotopic (exact) mass is 446 g/mol. The fourth-order valence-corrected chi connectivity index (χ4v) is 5.19. The Hall–Kier alpha value is -3.09. The minimum Gasteiger partial charge on any atom is -0.496 e. The zero-order chi connectivity index (χ0) is 22.1. The van der Waals surface area contributed by atoms with Crippen LogP contribution in [0.5, 0.6) is 17.2 Å². The van der Waals surface area contributed by atoms with Crippen molar-refractivity contribution < 1.29 is 14.2 Å². The molecule has 0 amide bonds. The average Bonchev–Trinajstić information content (AvgIpc) is 3.13. The van der Waals surface area contributed by atoms with Crippen LogP contribution in [0, 0.1) is 6.92 Å². The molecule has 164 valence electrons. The van der Waals surface area contributed by atoms with Gasteiger partial charge < -0.3 is 14.2 Å². The van der Waals surface area contributed by atoms with E-state index < -0.39 is 0 Å². The summed E-state index contributed by atoms with van der Waals surface area (Å²) in [7, 11) is 3.41. The summed E-state index contributed by atoms with van der Waals surface area (Å²) < 4.78 is 18.5. The van der Waals surface area contributed by atoms with E-state index in [2.05, 4.69) is 48.2 Å². The normalized spacial score (nSPS) is 14.0. The van der Waals surface area contributed by atoms with Gasteiger partial charge in [-0.3, -0.25) is 4.90 Å². The van der Waals surface area contributed by atoms with Crippen LogP contribution in [0.15, 0.2) is 54.6 Å². The lowest BCUT2D eigenvalue weighted by Crippen LogP contribution is -2.25. The summed E-state index contributed by atoms with van der Waals surface area (Å²) in [6, 6.07) is 18.9. The lowest BCUT2D eigenvalue weighted by Gasteiger charge is -2.20. The van der Waals surface area contributed by atoms with Gasteiger partial charge in [-0.2, -0.15) is 0 Å². The zero-order valence-corrected chi connectivity index (χ0v) is 19.4. The van der Waals surface area contributed by atoms with Crippen molar-refractivity contribution in [2.45, 2.75) is 20.0 Å². The topological polar surface area (TPSA) is 43.8 Å². The Labute approximate surface area is 192 Å². The molecule has 0 aliphatic carbocycles. The van der Waals surface area contributed by atoms with Gasteiger partial charge in [0.25, 0.3) is 0 Å². The average molecular weight is 447 g/mol. The molecule has 6 heteroatoms. The van der Waals surface area contributed by atoms with Crippen LogP contribution in [-0.4, -0.2) is 37.3 Å². The molecule has 2 heterocycles. The lowest BCUT2D eigenvalue weighted by molar-refractivity contribution is 0.217. The first kappa shape index (κ1) is 20.8. The van der Waals surface area contributed by atoms with Gasteiger partial charge in [0, 0.05) is 30.8 Å². The van der Waals surface area contributed by atoms with Crippen LogP contribution in [0.1, 0.15) is 16.7 Å². The van der Waals surface area contributed by atoms with E-state index in [4.69, 9.17) is 19.2 Å². The maximum atomic E-state index is 6.14. The molecular formula is C26H26N2O3S. The fourth-order valence-electron chi connectivity index (χ4n) is 4.24. The SMILES string of the molecule is COc1ccc(CN2CCOc3c(cc(-c4nc5ccccc5s4)cc3OC)C2)cc1C. The minimum absolute atomic E-state index is 0.624. The van der Waals surface area contributed by atoms with Crippen molar-refractivity contribution in [1.29, 1.82) is 0 Å². The van der Waals surface area contributed by atoms with Crippen molar-refractivity contribution in [3.63, 3.8) is 0 Å². The van der Waals surface area contributed by atoms with E-state index in [9.17, 15) is 0 Å². The van der Waals surface area contributed by atoms with Crippen LogP contribution in [0.2, 0.25) is 0 Å². The highest BCUT2D eigenvalue weighted by molar-refractivity contribution is 7.21. The smallest absolute Gasteiger partial charge is 0.165 e. The largest absolute Gasteiger partial charge is 0.496 e. The highest BCUT2D eigenvalue weighted by Crippen LogP contribution is 2.40. The van der Waals surface area contributed by atoms with E-state index in [0.717, 1.165) is 64.1 Å². The Bertz CT molecular complexity index is 1230. The Kier molecular flexibility index (Phi) is 5.72. The van der Waals surface area contributed by atoms with E-state index in [0.29, 0.717) is 6.61 Å². The molecule has 1 aliphatic heterocycles. The fraction of sp³-hybridized carbons (Fsp3) is 0.269. The molecule has 0 unspecified atom stereocenters. The second-order valence-corrected chi connectivity index (χ2v) is 9.05. The van der Waals surface area contributed by atoms with E-state index >= 15 is 0 Å². The number of fused-ring (bicyclic) bond motifs is 2. The van der Waals surface area contributed by atoms with Crippen molar-refractivity contribution in [2.75, 3.05) is 27.4 Å². The van der Waals surface area contributed by atoms with Crippen LogP contribution in [0.3, 0.4) is 0 Å². The Morgan fingerprint density at radius 1 is 1.03 bits per heavy atom. The summed E-state index contributed by atoms with van der Waals surface area (Å²) in [4.78, 5) is 7.25. The molecular weight excluding hydrogens is 420 g/mol. The molecule has 1 aliphatic rings. The van der Waals surface area contributed by atoms with Crippen molar-refractivity contribution in [3.8, 4) is 27.8 Å². The summed E-state index contributed by atoms with van der Waals surface area (Å²) in [6.45, 7) is 5.19. The first-order valence-corrected chi connectivity index (χ1v) is 11.5. The van der Waals surface area contributed by atoms with Gasteiger partial charge in [0.05, 0.1) is 24.4 Å². The number of hydrogen-bond acceptors (Lipinski definition) is 6. The third-order valence-corrected chi connectivity index (χ3v) is 6.89. The predicted molar refractivity (Wildman–Crippen MR) is 129 cm³/mol. The standard InChI is InChI=1S/C26H26N2O3S/c1-17-12-18(8-9-22(17)29-2)15-28-10-11-31-25-20(16-28)13-19(14-23(25)30-3)26-27-21-6-4-5-7-24(21)32-26/h4-9,12-14H,10-11,15-16H2,1-3H3. The minimum atomic E-state index is 0.624. The molecule has 0 saturated carbocycles. The van der Waals surface area contributed by atoms with Crippen LogP contribution < -0.4 is 14.2 Å². The maximum absolute atomic E-state index is 6.14. The van der Waals surface area contributed by atoms with Crippen molar-refractivity contribution in [2.24, 2.45) is 0 Å². The number of rotatable bonds is 5. The number of nitrogens with zero attached hydrogens (tertiary/aromatic N) is 2. The van der Waals surface area contributed by atoms with Crippen molar-refractivity contribution in [3.05, 3.63) is 71.3 Å². The second-order valence-electron chi connectivity index (χ2n) is 8.02. The first-order chi connectivity index (χ1) is 15.6. The second kappa shape index (κ2) is 8.81. The number of para-hydroxylation sites is 1. The van der Waals surface area contributed by atoms with Crippen LogP contribution in [-0.2, 0) is 13.1 Å². The number of methoxy groups -OCH3 is 2. The summed E-state index contributed by atoms with van der Waals surface area (Å²) in [5.74, 6) is 2.52. The molecule has 0 N–H and O–H groups in total. The molecule has 0 saturated heterocycles. The van der Waals surface area contributed by atoms with Gasteiger partial charge in [-0.05, 0) is 48.4 Å². The number of ether oxygens (including phenoxy) is 3. The molecule has 5 rings (SSSR count). The number of benzene rings is 3. The van der Waals surface area contributed by atoms with E-state index in [1.54, 1.807) is 25.6 Å². The van der Waals surface area contributed by atoms with Crippen LogP contribution in [0.25, 0.3) is 20.8 Å². The van der Waals surface area contributed by atoms with Gasteiger partial charge in [0.1, 0.15) is 17.4 Å². The van der Waals surface area contributed by atoms with Gasteiger partial charge >= 0.3 is 0 Å². The third-order valence-electron chi connectivity index (χ3n) is 5.81. The highest BCUT2D eigenvalue weighted by atomic mass is 32.1. The first-order valence-electron chi connectivity index (χ1n) is 10.7. The zero-order valence-electron chi connectivity index (χ0n) is 18.6. The molecule has 0 radical (unpaired) electrons. The molecule has 5 nitrogen and oxygen atoms in total. The van der Waals surface area contributed by atoms with E-state index in [1.807, 2.05) is 18.2 Å². The van der Waals surface area contributed by atoms with Gasteiger partial charge in [-0.1, -0.05) is 24.3 Å². The summed E-state index contributed by atoms with van der Waals surface area (Å²) in [5.41, 5.74) is 5.63. The third kappa shape index (κ3) is 4.04. The summed E-state index contributed by atoms with van der Waals surface area (Å²) >= 11 is 1.70. The molecule has 3 aromatic carbocycles. The summed E-state index contributed by atoms with van der Waals surface area (Å²) in [6.07, 6.45) is 0. The molecule has 0 fully saturated rings. The number of thiazole rings is 1. The predicted octanol–water partition coefficient (Wildman–Crippen LogP) is 5.68. The lowest BCUT2D eigenvalue weighted by atomic mass is 10.1. The van der Waals surface area contributed by atoms with Gasteiger partial charge in [-0.25, -0.2) is 4.98 Å².